The second-order valence-corrected chi connectivity index (χ2v) is 6.81. The number of nitrogens with zero attached hydrogens (tertiary/aromatic N) is 1. The SMILES string of the molecule is Cc1cc(CN2CCC3(CCNC3)C2)c(OC(F)F)cc1C.Cl. The van der Waals surface area contributed by atoms with Gasteiger partial charge in [0.25, 0.3) is 0 Å². The first-order valence-electron chi connectivity index (χ1n) is 7.95. The average molecular weight is 347 g/mol. The van der Waals surface area contributed by atoms with E-state index in [9.17, 15) is 8.78 Å². The molecule has 3 rings (SSSR count). The van der Waals surface area contributed by atoms with Gasteiger partial charge in [-0.1, -0.05) is 6.07 Å². The summed E-state index contributed by atoms with van der Waals surface area (Å²) in [5.41, 5.74) is 3.36. The van der Waals surface area contributed by atoms with Crippen LogP contribution in [0.4, 0.5) is 8.78 Å². The molecule has 0 aromatic heterocycles. The van der Waals surface area contributed by atoms with E-state index < -0.39 is 6.61 Å². The zero-order valence-corrected chi connectivity index (χ0v) is 14.5. The predicted molar refractivity (Wildman–Crippen MR) is 89.6 cm³/mol. The number of benzene rings is 1. The first kappa shape index (κ1) is 18.4. The molecule has 0 radical (unpaired) electrons. The molecule has 2 saturated heterocycles. The highest BCUT2D eigenvalue weighted by Crippen LogP contribution is 2.37. The maximum absolute atomic E-state index is 12.6. The van der Waals surface area contributed by atoms with Gasteiger partial charge in [-0.2, -0.15) is 8.78 Å². The lowest BCUT2D eigenvalue weighted by atomic mass is 9.86. The Balaban J connectivity index is 0.00000192. The minimum atomic E-state index is -2.77. The van der Waals surface area contributed by atoms with Crippen LogP contribution in [0, 0.1) is 19.3 Å². The van der Waals surface area contributed by atoms with Gasteiger partial charge in [-0.25, -0.2) is 0 Å². The van der Waals surface area contributed by atoms with Gasteiger partial charge in [-0.3, -0.25) is 4.90 Å². The number of alkyl halides is 2. The number of likely N-dealkylation sites (tertiary alicyclic amines) is 1. The highest BCUT2D eigenvalue weighted by Gasteiger charge is 2.40. The Morgan fingerprint density at radius 3 is 2.65 bits per heavy atom. The summed E-state index contributed by atoms with van der Waals surface area (Å²) in [6, 6.07) is 3.73. The van der Waals surface area contributed by atoms with E-state index >= 15 is 0 Å². The predicted octanol–water partition coefficient (Wildman–Crippen LogP) is 3.51. The molecule has 2 aliphatic heterocycles. The van der Waals surface area contributed by atoms with Crippen LogP contribution in [0.25, 0.3) is 0 Å². The fourth-order valence-electron chi connectivity index (χ4n) is 3.73. The standard InChI is InChI=1S/C17H24F2N2O.ClH/c1-12-7-14(15(8-13(12)2)22-16(18)19)9-21-6-4-17(11-21)3-5-20-10-17;/h7-8,16,20H,3-6,9-11H2,1-2H3;1H. The second-order valence-electron chi connectivity index (χ2n) is 6.81. The van der Waals surface area contributed by atoms with E-state index in [2.05, 4.69) is 10.2 Å². The van der Waals surface area contributed by atoms with Gasteiger partial charge in [0.05, 0.1) is 0 Å². The summed E-state index contributed by atoms with van der Waals surface area (Å²) in [6.07, 6.45) is 2.41. The van der Waals surface area contributed by atoms with Crippen molar-refractivity contribution in [3.8, 4) is 5.75 Å². The van der Waals surface area contributed by atoms with Gasteiger partial charge in [0, 0.05) is 25.2 Å². The van der Waals surface area contributed by atoms with Crippen molar-refractivity contribution in [3.05, 3.63) is 28.8 Å². The first-order valence-corrected chi connectivity index (χ1v) is 7.95. The molecule has 1 N–H and O–H groups in total. The van der Waals surface area contributed by atoms with Gasteiger partial charge >= 0.3 is 6.61 Å². The first-order chi connectivity index (χ1) is 10.5. The minimum Gasteiger partial charge on any atom is -0.434 e. The zero-order valence-electron chi connectivity index (χ0n) is 13.7. The molecule has 1 atom stereocenters. The van der Waals surface area contributed by atoms with Crippen molar-refractivity contribution in [2.24, 2.45) is 5.41 Å². The van der Waals surface area contributed by atoms with Gasteiger partial charge in [-0.15, -0.1) is 12.4 Å². The Kier molecular flexibility index (Phi) is 5.87. The Bertz CT molecular complexity index is 548. The van der Waals surface area contributed by atoms with E-state index in [4.69, 9.17) is 4.74 Å². The number of nitrogens with one attached hydrogen (secondary N) is 1. The summed E-state index contributed by atoms with van der Waals surface area (Å²) < 4.78 is 30.0. The van der Waals surface area contributed by atoms with Crippen molar-refractivity contribution in [1.29, 1.82) is 0 Å². The summed E-state index contributed by atoms with van der Waals surface area (Å²) in [7, 11) is 0. The van der Waals surface area contributed by atoms with Crippen molar-refractivity contribution in [1.82, 2.24) is 10.2 Å². The van der Waals surface area contributed by atoms with Crippen LogP contribution in [0.1, 0.15) is 29.5 Å². The molecule has 0 amide bonds. The molecule has 0 saturated carbocycles. The minimum absolute atomic E-state index is 0. The molecule has 1 unspecified atom stereocenters. The Morgan fingerprint density at radius 2 is 2.00 bits per heavy atom. The molecular weight excluding hydrogens is 322 g/mol. The molecule has 2 heterocycles. The molecule has 130 valence electrons. The number of halogens is 3. The number of hydrogen-bond donors (Lipinski definition) is 1. The van der Waals surface area contributed by atoms with Crippen molar-refractivity contribution < 1.29 is 13.5 Å². The van der Waals surface area contributed by atoms with Gasteiger partial charge in [0.1, 0.15) is 5.75 Å². The smallest absolute Gasteiger partial charge is 0.387 e. The molecule has 1 aromatic carbocycles. The summed E-state index contributed by atoms with van der Waals surface area (Å²) >= 11 is 0. The highest BCUT2D eigenvalue weighted by atomic mass is 35.5. The summed E-state index contributed by atoms with van der Waals surface area (Å²) in [5, 5.41) is 3.44. The molecule has 1 aromatic rings. The number of hydrogen-bond acceptors (Lipinski definition) is 3. The highest BCUT2D eigenvalue weighted by molar-refractivity contribution is 5.85. The summed E-state index contributed by atoms with van der Waals surface area (Å²) in [4.78, 5) is 2.37. The normalized spacial score (nSPS) is 24.4. The molecule has 0 aliphatic carbocycles. The Hall–Kier alpha value is -0.910. The average Bonchev–Trinajstić information content (AvgIpc) is 3.06. The van der Waals surface area contributed by atoms with E-state index in [0.29, 0.717) is 17.7 Å². The Morgan fingerprint density at radius 1 is 1.26 bits per heavy atom. The molecule has 0 bridgehead atoms. The number of aryl methyl sites for hydroxylation is 2. The third kappa shape index (κ3) is 4.14. The van der Waals surface area contributed by atoms with Crippen LogP contribution < -0.4 is 10.1 Å². The molecule has 3 nitrogen and oxygen atoms in total. The second kappa shape index (κ2) is 7.32. The molecule has 6 heteroatoms. The lowest BCUT2D eigenvalue weighted by molar-refractivity contribution is -0.0507. The topological polar surface area (TPSA) is 24.5 Å². The maximum Gasteiger partial charge on any atom is 0.387 e. The fraction of sp³-hybridized carbons (Fsp3) is 0.647. The number of rotatable bonds is 4. The molecule has 1 spiro atoms. The third-order valence-electron chi connectivity index (χ3n) is 5.14. The van der Waals surface area contributed by atoms with E-state index in [1.807, 2.05) is 19.9 Å². The monoisotopic (exact) mass is 346 g/mol. The maximum atomic E-state index is 12.6. The summed E-state index contributed by atoms with van der Waals surface area (Å²) in [6.45, 7) is 6.09. The van der Waals surface area contributed by atoms with Crippen LogP contribution in [0.2, 0.25) is 0 Å². The van der Waals surface area contributed by atoms with Crippen molar-refractivity contribution in [3.63, 3.8) is 0 Å². The quantitative estimate of drug-likeness (QED) is 0.903. The van der Waals surface area contributed by atoms with Crippen LogP contribution in [-0.4, -0.2) is 37.7 Å². The van der Waals surface area contributed by atoms with Crippen LogP contribution >= 0.6 is 12.4 Å². The molecule has 2 aliphatic rings. The molecule has 2 fully saturated rings. The lowest BCUT2D eigenvalue weighted by Crippen LogP contribution is -2.29. The van der Waals surface area contributed by atoms with Gasteiger partial charge in [0.15, 0.2) is 0 Å². The van der Waals surface area contributed by atoms with Crippen LogP contribution in [0.15, 0.2) is 12.1 Å². The largest absolute Gasteiger partial charge is 0.434 e. The number of ether oxygens (including phenoxy) is 1. The van der Waals surface area contributed by atoms with Gasteiger partial charge in [0.2, 0.25) is 0 Å². The van der Waals surface area contributed by atoms with Crippen LogP contribution in [-0.2, 0) is 6.54 Å². The van der Waals surface area contributed by atoms with Crippen LogP contribution in [0.5, 0.6) is 5.75 Å². The zero-order chi connectivity index (χ0) is 15.7. The van der Waals surface area contributed by atoms with E-state index in [-0.39, 0.29) is 12.4 Å². The van der Waals surface area contributed by atoms with Crippen molar-refractivity contribution >= 4 is 12.4 Å². The van der Waals surface area contributed by atoms with Crippen molar-refractivity contribution in [2.45, 2.75) is 39.8 Å². The van der Waals surface area contributed by atoms with Crippen LogP contribution in [0.3, 0.4) is 0 Å². The molecule has 23 heavy (non-hydrogen) atoms. The van der Waals surface area contributed by atoms with Gasteiger partial charge < -0.3 is 10.1 Å². The fourth-order valence-corrected chi connectivity index (χ4v) is 3.73. The molecular formula is C17H25ClF2N2O. The van der Waals surface area contributed by atoms with E-state index in [1.165, 1.54) is 12.8 Å². The lowest BCUT2D eigenvalue weighted by Gasteiger charge is -2.24. The van der Waals surface area contributed by atoms with Crippen molar-refractivity contribution in [2.75, 3.05) is 26.2 Å². The third-order valence-corrected chi connectivity index (χ3v) is 5.14. The Labute approximate surface area is 142 Å². The van der Waals surface area contributed by atoms with E-state index in [1.54, 1.807) is 6.07 Å². The van der Waals surface area contributed by atoms with Gasteiger partial charge in [-0.05, 0) is 62.4 Å². The summed E-state index contributed by atoms with van der Waals surface area (Å²) in [5.74, 6) is 0.323. The van der Waals surface area contributed by atoms with E-state index in [0.717, 1.165) is 42.9 Å².